The SMILES string of the molecule is CC(C)Oc1cccnc1NC1CC1N. The van der Waals surface area contributed by atoms with Gasteiger partial charge in [-0.25, -0.2) is 4.98 Å². The van der Waals surface area contributed by atoms with Crippen LogP contribution in [0.15, 0.2) is 18.3 Å². The van der Waals surface area contributed by atoms with Crippen LogP contribution in [0.25, 0.3) is 0 Å². The van der Waals surface area contributed by atoms with Crippen molar-refractivity contribution in [3.8, 4) is 5.75 Å². The second kappa shape index (κ2) is 4.06. The fourth-order valence-electron chi connectivity index (χ4n) is 1.40. The lowest BCUT2D eigenvalue weighted by Crippen LogP contribution is -2.15. The summed E-state index contributed by atoms with van der Waals surface area (Å²) in [5.41, 5.74) is 5.73. The van der Waals surface area contributed by atoms with Gasteiger partial charge in [-0.15, -0.1) is 0 Å². The van der Waals surface area contributed by atoms with E-state index in [-0.39, 0.29) is 12.1 Å². The van der Waals surface area contributed by atoms with Gasteiger partial charge in [0.15, 0.2) is 11.6 Å². The smallest absolute Gasteiger partial charge is 0.169 e. The molecule has 1 aromatic rings. The molecule has 0 aromatic carbocycles. The van der Waals surface area contributed by atoms with Gasteiger partial charge in [0.2, 0.25) is 0 Å². The van der Waals surface area contributed by atoms with Gasteiger partial charge < -0.3 is 15.8 Å². The Kier molecular flexibility index (Phi) is 2.77. The quantitative estimate of drug-likeness (QED) is 0.783. The van der Waals surface area contributed by atoms with E-state index in [1.54, 1.807) is 6.20 Å². The molecule has 3 N–H and O–H groups in total. The molecule has 0 spiro atoms. The molecule has 2 unspecified atom stereocenters. The van der Waals surface area contributed by atoms with E-state index in [4.69, 9.17) is 10.5 Å². The van der Waals surface area contributed by atoms with E-state index in [0.717, 1.165) is 18.0 Å². The minimum absolute atomic E-state index is 0.155. The second-order valence-electron chi connectivity index (χ2n) is 4.17. The molecule has 1 saturated carbocycles. The number of anilines is 1. The van der Waals surface area contributed by atoms with Crippen LogP contribution in [0, 0.1) is 0 Å². The van der Waals surface area contributed by atoms with Crippen LogP contribution in [0.1, 0.15) is 20.3 Å². The van der Waals surface area contributed by atoms with Gasteiger partial charge in [0, 0.05) is 18.3 Å². The Morgan fingerprint density at radius 2 is 2.33 bits per heavy atom. The molecule has 0 amide bonds. The number of ether oxygens (including phenoxy) is 1. The molecule has 4 nitrogen and oxygen atoms in total. The monoisotopic (exact) mass is 207 g/mol. The predicted molar refractivity (Wildman–Crippen MR) is 60.0 cm³/mol. The largest absolute Gasteiger partial charge is 0.487 e. The molecule has 4 heteroatoms. The number of hydrogen-bond acceptors (Lipinski definition) is 4. The Hall–Kier alpha value is -1.29. The van der Waals surface area contributed by atoms with Crippen molar-refractivity contribution in [3.63, 3.8) is 0 Å². The summed E-state index contributed by atoms with van der Waals surface area (Å²) in [6, 6.07) is 4.41. The van der Waals surface area contributed by atoms with Gasteiger partial charge in [-0.3, -0.25) is 0 Å². The number of pyridine rings is 1. The number of nitrogens with two attached hydrogens (primary N) is 1. The van der Waals surface area contributed by atoms with Crippen molar-refractivity contribution in [1.29, 1.82) is 0 Å². The highest BCUT2D eigenvalue weighted by Crippen LogP contribution is 2.28. The average molecular weight is 207 g/mol. The van der Waals surface area contributed by atoms with Crippen LogP contribution >= 0.6 is 0 Å². The van der Waals surface area contributed by atoms with Crippen LogP contribution in [-0.2, 0) is 0 Å². The average Bonchev–Trinajstić information content (AvgIpc) is 2.84. The Morgan fingerprint density at radius 3 is 2.93 bits per heavy atom. The third-order valence-electron chi connectivity index (χ3n) is 2.30. The van der Waals surface area contributed by atoms with E-state index in [9.17, 15) is 0 Å². The van der Waals surface area contributed by atoms with Gasteiger partial charge in [-0.05, 0) is 32.4 Å². The fourth-order valence-corrected chi connectivity index (χ4v) is 1.40. The molecule has 0 bridgehead atoms. The molecule has 1 heterocycles. The topological polar surface area (TPSA) is 60.2 Å². The molecule has 82 valence electrons. The summed E-state index contributed by atoms with van der Waals surface area (Å²) in [4.78, 5) is 4.25. The minimum Gasteiger partial charge on any atom is -0.487 e. The third-order valence-corrected chi connectivity index (χ3v) is 2.30. The number of rotatable bonds is 4. The van der Waals surface area contributed by atoms with Crippen LogP contribution in [0.2, 0.25) is 0 Å². The third kappa shape index (κ3) is 2.59. The summed E-state index contributed by atoms with van der Waals surface area (Å²) < 4.78 is 5.64. The number of aromatic nitrogens is 1. The van der Waals surface area contributed by atoms with Gasteiger partial charge in [0.25, 0.3) is 0 Å². The lowest BCUT2D eigenvalue weighted by atomic mass is 10.4. The van der Waals surface area contributed by atoms with Crippen LogP contribution in [0.4, 0.5) is 5.82 Å². The summed E-state index contributed by atoms with van der Waals surface area (Å²) in [5, 5.41) is 3.28. The lowest BCUT2D eigenvalue weighted by Gasteiger charge is -2.14. The van der Waals surface area contributed by atoms with E-state index < -0.39 is 0 Å². The zero-order chi connectivity index (χ0) is 10.8. The molecule has 1 aliphatic rings. The molecule has 1 aromatic heterocycles. The number of nitrogens with one attached hydrogen (secondary N) is 1. The number of hydrogen-bond donors (Lipinski definition) is 2. The summed E-state index contributed by atoms with van der Waals surface area (Å²) in [6.45, 7) is 4.00. The summed E-state index contributed by atoms with van der Waals surface area (Å²) in [7, 11) is 0. The summed E-state index contributed by atoms with van der Waals surface area (Å²) in [5.74, 6) is 1.59. The molecule has 2 rings (SSSR count). The van der Waals surface area contributed by atoms with Gasteiger partial charge in [-0.1, -0.05) is 0 Å². The molecular formula is C11H17N3O. The second-order valence-corrected chi connectivity index (χ2v) is 4.17. The zero-order valence-electron chi connectivity index (χ0n) is 9.10. The first-order chi connectivity index (χ1) is 7.16. The van der Waals surface area contributed by atoms with Crippen molar-refractivity contribution in [2.24, 2.45) is 5.73 Å². The van der Waals surface area contributed by atoms with Crippen molar-refractivity contribution >= 4 is 5.82 Å². The normalized spacial score (nSPS) is 24.0. The van der Waals surface area contributed by atoms with Crippen molar-refractivity contribution in [1.82, 2.24) is 4.98 Å². The first-order valence-electron chi connectivity index (χ1n) is 5.30. The highest BCUT2D eigenvalue weighted by atomic mass is 16.5. The van der Waals surface area contributed by atoms with E-state index >= 15 is 0 Å². The summed E-state index contributed by atoms with van der Waals surface area (Å²) >= 11 is 0. The van der Waals surface area contributed by atoms with Crippen LogP contribution in [0.3, 0.4) is 0 Å². The van der Waals surface area contributed by atoms with Gasteiger partial charge in [0.1, 0.15) is 0 Å². The van der Waals surface area contributed by atoms with E-state index in [2.05, 4.69) is 10.3 Å². The molecule has 0 aliphatic heterocycles. The zero-order valence-corrected chi connectivity index (χ0v) is 9.10. The molecule has 1 aliphatic carbocycles. The minimum atomic E-state index is 0.155. The Morgan fingerprint density at radius 1 is 1.60 bits per heavy atom. The maximum absolute atomic E-state index is 5.73. The van der Waals surface area contributed by atoms with Gasteiger partial charge >= 0.3 is 0 Å². The lowest BCUT2D eigenvalue weighted by molar-refractivity contribution is 0.243. The van der Waals surface area contributed by atoms with Gasteiger partial charge in [-0.2, -0.15) is 0 Å². The van der Waals surface area contributed by atoms with Crippen LogP contribution in [0.5, 0.6) is 5.75 Å². The molecule has 0 saturated heterocycles. The Balaban J connectivity index is 2.07. The highest BCUT2D eigenvalue weighted by molar-refractivity contribution is 5.51. The van der Waals surface area contributed by atoms with Gasteiger partial charge in [0.05, 0.1) is 6.10 Å². The molecule has 2 atom stereocenters. The molecule has 0 radical (unpaired) electrons. The molecule has 15 heavy (non-hydrogen) atoms. The van der Waals surface area contributed by atoms with Crippen LogP contribution < -0.4 is 15.8 Å². The summed E-state index contributed by atoms with van der Waals surface area (Å²) in [6.07, 6.45) is 2.92. The first kappa shape index (κ1) is 10.2. The molecule has 1 fully saturated rings. The Labute approximate surface area is 89.8 Å². The molecular weight excluding hydrogens is 190 g/mol. The van der Waals surface area contributed by atoms with E-state index in [1.807, 2.05) is 26.0 Å². The number of nitrogens with zero attached hydrogens (tertiary/aromatic N) is 1. The first-order valence-corrected chi connectivity index (χ1v) is 5.30. The highest BCUT2D eigenvalue weighted by Gasteiger charge is 2.34. The standard InChI is InChI=1S/C11H17N3O/c1-7(2)15-10-4-3-5-13-11(10)14-9-6-8(9)12/h3-5,7-9H,6,12H2,1-2H3,(H,13,14). The van der Waals surface area contributed by atoms with E-state index in [0.29, 0.717) is 6.04 Å². The van der Waals surface area contributed by atoms with Crippen molar-refractivity contribution in [2.75, 3.05) is 5.32 Å². The fraction of sp³-hybridized carbons (Fsp3) is 0.545. The predicted octanol–water partition coefficient (Wildman–Crippen LogP) is 1.38. The van der Waals surface area contributed by atoms with Crippen LogP contribution in [-0.4, -0.2) is 23.2 Å². The Bertz CT molecular complexity index is 340. The van der Waals surface area contributed by atoms with Crippen molar-refractivity contribution in [3.05, 3.63) is 18.3 Å². The maximum atomic E-state index is 5.73. The van der Waals surface area contributed by atoms with E-state index in [1.165, 1.54) is 0 Å². The maximum Gasteiger partial charge on any atom is 0.169 e. The van der Waals surface area contributed by atoms with Crippen molar-refractivity contribution in [2.45, 2.75) is 38.5 Å². The van der Waals surface area contributed by atoms with Crippen molar-refractivity contribution < 1.29 is 4.74 Å².